The molecule has 2 rings (SSSR count). The van der Waals surface area contributed by atoms with E-state index in [1.54, 1.807) is 30.3 Å². The number of carbonyl (C=O) groups excluding carboxylic acids is 1. The molecule has 0 radical (unpaired) electrons. The van der Waals surface area contributed by atoms with Gasteiger partial charge in [-0.25, -0.2) is 9.37 Å². The first-order valence-electron chi connectivity index (χ1n) is 8.37. The highest BCUT2D eigenvalue weighted by atomic mass is 35.5. The first-order valence-corrected chi connectivity index (χ1v) is 8.74. The van der Waals surface area contributed by atoms with Gasteiger partial charge in [-0.3, -0.25) is 4.79 Å². The second-order valence-corrected chi connectivity index (χ2v) is 7.49. The summed E-state index contributed by atoms with van der Waals surface area (Å²) in [5, 5.41) is 12.3. The maximum Gasteiger partial charge on any atom is 0.307 e. The maximum atomic E-state index is 15.3. The van der Waals surface area contributed by atoms with Gasteiger partial charge in [0.1, 0.15) is 16.8 Å². The number of hydrogen-bond donors (Lipinski definition) is 1. The van der Waals surface area contributed by atoms with Gasteiger partial charge in [0.05, 0.1) is 13.5 Å². The minimum Gasteiger partial charge on any atom is -0.469 e. The molecule has 1 aromatic carbocycles. The predicted molar refractivity (Wildman–Crippen MR) is 103 cm³/mol. The number of carbonyl (C=O) groups is 1. The molecule has 2 aromatic rings. The highest BCUT2D eigenvalue weighted by Crippen LogP contribution is 2.35. The summed E-state index contributed by atoms with van der Waals surface area (Å²) in [5.41, 5.74) is 0.159. The molecule has 5 nitrogen and oxygen atoms in total. The summed E-state index contributed by atoms with van der Waals surface area (Å²) < 4.78 is 20.0. The third kappa shape index (κ3) is 4.75. The van der Waals surface area contributed by atoms with E-state index >= 15 is 4.39 Å². The molecule has 0 aliphatic heterocycles. The van der Waals surface area contributed by atoms with Gasteiger partial charge in [0.2, 0.25) is 0 Å². The molecule has 1 heterocycles. The molecule has 1 N–H and O–H groups in total. The van der Waals surface area contributed by atoms with Gasteiger partial charge < -0.3 is 10.1 Å². The number of nitriles is 1. The summed E-state index contributed by atoms with van der Waals surface area (Å²) >= 11 is 6.16. The lowest BCUT2D eigenvalue weighted by Gasteiger charge is -2.31. The van der Waals surface area contributed by atoms with Crippen LogP contribution in [0.15, 0.2) is 30.3 Å². The van der Waals surface area contributed by atoms with Crippen LogP contribution in [0.2, 0.25) is 5.15 Å². The highest BCUT2D eigenvalue weighted by Gasteiger charge is 2.30. The summed E-state index contributed by atoms with van der Waals surface area (Å²) in [6, 6.07) is 10.1. The fourth-order valence-electron chi connectivity index (χ4n) is 2.60. The van der Waals surface area contributed by atoms with Gasteiger partial charge in [-0.1, -0.05) is 62.7 Å². The molecule has 0 aliphatic rings. The molecule has 142 valence electrons. The first-order chi connectivity index (χ1) is 12.7. The summed E-state index contributed by atoms with van der Waals surface area (Å²) in [6.07, 6.45) is 0.0272. The Morgan fingerprint density at radius 1 is 1.37 bits per heavy atom. The minimum absolute atomic E-state index is 0.0272. The molecule has 0 fully saturated rings. The second-order valence-electron chi connectivity index (χ2n) is 7.14. The van der Waals surface area contributed by atoms with Crippen LogP contribution >= 0.6 is 11.6 Å². The minimum atomic E-state index is -0.693. The molecular formula is C20H21ClFN3O2. The molecule has 0 aliphatic carbocycles. The van der Waals surface area contributed by atoms with Crippen LogP contribution in [0, 0.1) is 22.6 Å². The standard InChI is InChI=1S/C20H21ClFN3O2/c1-20(2,3)14(10-15(26)27-4)24-19-17(22)16(12-8-6-5-7-9-12)13(11-23)18(21)25-19/h5-9,14H,10H2,1-4H3,(H,24,25)/t14-/m1/s1. The number of hydrogen-bond acceptors (Lipinski definition) is 5. The van der Waals surface area contributed by atoms with E-state index in [1.807, 2.05) is 26.8 Å². The van der Waals surface area contributed by atoms with E-state index in [4.69, 9.17) is 16.3 Å². The van der Waals surface area contributed by atoms with E-state index in [1.165, 1.54) is 7.11 Å². The molecule has 0 unspecified atom stereocenters. The van der Waals surface area contributed by atoms with E-state index in [2.05, 4.69) is 10.3 Å². The van der Waals surface area contributed by atoms with E-state index < -0.39 is 23.2 Å². The zero-order valence-electron chi connectivity index (χ0n) is 15.6. The van der Waals surface area contributed by atoms with Crippen LogP contribution in [0.5, 0.6) is 0 Å². The van der Waals surface area contributed by atoms with Gasteiger partial charge >= 0.3 is 5.97 Å². The molecule has 1 aromatic heterocycles. The predicted octanol–water partition coefficient (Wildman–Crippen LogP) is 4.80. The van der Waals surface area contributed by atoms with Crippen LogP contribution in [0.1, 0.15) is 32.8 Å². The van der Waals surface area contributed by atoms with E-state index in [-0.39, 0.29) is 28.5 Å². The number of ether oxygens (including phenoxy) is 1. The Labute approximate surface area is 163 Å². The van der Waals surface area contributed by atoms with Crippen LogP contribution in [-0.4, -0.2) is 24.1 Å². The quantitative estimate of drug-likeness (QED) is 0.587. The Morgan fingerprint density at radius 2 is 2.00 bits per heavy atom. The largest absolute Gasteiger partial charge is 0.469 e. The van der Waals surface area contributed by atoms with Crippen molar-refractivity contribution < 1.29 is 13.9 Å². The molecule has 0 saturated carbocycles. The summed E-state index contributed by atoms with van der Waals surface area (Å²) in [7, 11) is 1.30. The summed E-state index contributed by atoms with van der Waals surface area (Å²) in [4.78, 5) is 15.8. The van der Waals surface area contributed by atoms with Crippen molar-refractivity contribution in [3.63, 3.8) is 0 Å². The van der Waals surface area contributed by atoms with Crippen molar-refractivity contribution >= 4 is 23.4 Å². The van der Waals surface area contributed by atoms with Crippen molar-refractivity contribution in [2.45, 2.75) is 33.2 Å². The first kappa shape index (κ1) is 20.7. The SMILES string of the molecule is COC(=O)C[C@@H](Nc1nc(Cl)c(C#N)c(-c2ccccc2)c1F)C(C)(C)C. The van der Waals surface area contributed by atoms with Gasteiger partial charge in [0, 0.05) is 11.6 Å². The lowest BCUT2D eigenvalue weighted by molar-refractivity contribution is -0.141. The number of methoxy groups -OCH3 is 1. The average Bonchev–Trinajstić information content (AvgIpc) is 2.63. The van der Waals surface area contributed by atoms with Crippen molar-refractivity contribution in [2.24, 2.45) is 5.41 Å². The number of nitrogens with one attached hydrogen (secondary N) is 1. The molecule has 1 atom stereocenters. The zero-order valence-corrected chi connectivity index (χ0v) is 16.4. The van der Waals surface area contributed by atoms with Crippen molar-refractivity contribution in [1.29, 1.82) is 5.26 Å². The monoisotopic (exact) mass is 389 g/mol. The second kappa shape index (κ2) is 8.36. The Bertz CT molecular complexity index is 874. The lowest BCUT2D eigenvalue weighted by Crippen LogP contribution is -2.37. The normalized spacial score (nSPS) is 12.2. The van der Waals surface area contributed by atoms with Crippen molar-refractivity contribution in [1.82, 2.24) is 4.98 Å². The number of rotatable bonds is 5. The van der Waals surface area contributed by atoms with Crippen LogP contribution in [-0.2, 0) is 9.53 Å². The van der Waals surface area contributed by atoms with Gasteiger partial charge in [-0.2, -0.15) is 5.26 Å². The van der Waals surface area contributed by atoms with Crippen LogP contribution < -0.4 is 5.32 Å². The lowest BCUT2D eigenvalue weighted by atomic mass is 9.84. The van der Waals surface area contributed by atoms with Crippen molar-refractivity contribution in [3.8, 4) is 17.2 Å². The van der Waals surface area contributed by atoms with Crippen LogP contribution in [0.25, 0.3) is 11.1 Å². The number of halogens is 2. The number of pyridine rings is 1. The number of esters is 1. The zero-order chi connectivity index (χ0) is 20.2. The van der Waals surface area contributed by atoms with Gasteiger partial charge in [0.25, 0.3) is 0 Å². The molecule has 0 bridgehead atoms. The van der Waals surface area contributed by atoms with Crippen LogP contribution in [0.3, 0.4) is 0 Å². The fourth-order valence-corrected chi connectivity index (χ4v) is 2.82. The number of aromatic nitrogens is 1. The number of nitrogens with zero attached hydrogens (tertiary/aromatic N) is 2. The number of benzene rings is 1. The Kier molecular flexibility index (Phi) is 6.40. The molecule has 27 heavy (non-hydrogen) atoms. The number of anilines is 1. The van der Waals surface area contributed by atoms with Gasteiger partial charge in [-0.15, -0.1) is 0 Å². The fraction of sp³-hybridized carbons (Fsp3) is 0.350. The van der Waals surface area contributed by atoms with E-state index in [0.717, 1.165) is 0 Å². The molecule has 0 saturated heterocycles. The third-order valence-corrected chi connectivity index (χ3v) is 4.50. The van der Waals surface area contributed by atoms with E-state index in [0.29, 0.717) is 5.56 Å². The topological polar surface area (TPSA) is 75.0 Å². The maximum absolute atomic E-state index is 15.3. The van der Waals surface area contributed by atoms with Crippen molar-refractivity contribution in [3.05, 3.63) is 46.9 Å². The third-order valence-electron chi connectivity index (χ3n) is 4.22. The van der Waals surface area contributed by atoms with Gasteiger partial charge in [0.15, 0.2) is 11.6 Å². The summed E-state index contributed by atoms with van der Waals surface area (Å²) in [5.74, 6) is -1.23. The van der Waals surface area contributed by atoms with E-state index in [9.17, 15) is 10.1 Å². The van der Waals surface area contributed by atoms with Gasteiger partial charge in [-0.05, 0) is 11.0 Å². The Balaban J connectivity index is 2.56. The molecular weight excluding hydrogens is 369 g/mol. The summed E-state index contributed by atoms with van der Waals surface area (Å²) in [6.45, 7) is 5.73. The Morgan fingerprint density at radius 3 is 2.52 bits per heavy atom. The Hall–Kier alpha value is -2.65. The highest BCUT2D eigenvalue weighted by molar-refractivity contribution is 6.31. The smallest absolute Gasteiger partial charge is 0.307 e. The average molecular weight is 390 g/mol. The van der Waals surface area contributed by atoms with Crippen molar-refractivity contribution in [2.75, 3.05) is 12.4 Å². The van der Waals surface area contributed by atoms with Crippen LogP contribution in [0.4, 0.5) is 10.2 Å². The molecule has 0 amide bonds. The molecule has 0 spiro atoms. The molecule has 7 heteroatoms.